The maximum atomic E-state index is 13.6. The van der Waals surface area contributed by atoms with Crippen molar-refractivity contribution in [2.75, 3.05) is 63.3 Å². The van der Waals surface area contributed by atoms with Crippen LogP contribution in [-0.2, 0) is 14.3 Å². The zero-order valence-electron chi connectivity index (χ0n) is 17.8. The third kappa shape index (κ3) is 3.82. The van der Waals surface area contributed by atoms with Crippen LogP contribution >= 0.6 is 0 Å². The highest BCUT2D eigenvalue weighted by Gasteiger charge is 2.39. The van der Waals surface area contributed by atoms with Gasteiger partial charge in [-0.25, -0.2) is 0 Å². The number of anilines is 2. The molecule has 5 rings (SSSR count). The number of nitrogens with one attached hydrogen (secondary N) is 2. The average molecular weight is 413 g/mol. The molecule has 3 fully saturated rings. The Morgan fingerprint density at radius 1 is 1.07 bits per heavy atom. The predicted molar refractivity (Wildman–Crippen MR) is 118 cm³/mol. The molecule has 1 aromatic rings. The van der Waals surface area contributed by atoms with Gasteiger partial charge in [-0.2, -0.15) is 0 Å². The van der Waals surface area contributed by atoms with Gasteiger partial charge in [-0.1, -0.05) is 0 Å². The van der Waals surface area contributed by atoms with Crippen LogP contribution in [0.4, 0.5) is 11.4 Å². The highest BCUT2D eigenvalue weighted by Crippen LogP contribution is 2.42. The van der Waals surface area contributed by atoms with Gasteiger partial charge in [0.05, 0.1) is 30.2 Å². The van der Waals surface area contributed by atoms with Crippen molar-refractivity contribution in [3.8, 4) is 0 Å². The number of hydrogen-bond donors (Lipinski definition) is 2. The molecule has 0 atom stereocenters. The van der Waals surface area contributed by atoms with Gasteiger partial charge >= 0.3 is 0 Å². The summed E-state index contributed by atoms with van der Waals surface area (Å²) in [6.45, 7) is 5.56. The Morgan fingerprint density at radius 3 is 2.60 bits per heavy atom. The smallest absolute Gasteiger partial charge is 0.261 e. The van der Waals surface area contributed by atoms with Crippen LogP contribution in [0.2, 0.25) is 0 Å². The Labute approximate surface area is 178 Å². The molecule has 4 aliphatic rings. The van der Waals surface area contributed by atoms with Crippen LogP contribution in [0.3, 0.4) is 0 Å². The van der Waals surface area contributed by atoms with E-state index in [1.54, 1.807) is 0 Å². The second kappa shape index (κ2) is 8.57. The first-order valence-electron chi connectivity index (χ1n) is 11.3. The van der Waals surface area contributed by atoms with E-state index >= 15 is 0 Å². The maximum Gasteiger partial charge on any atom is 0.261 e. The van der Waals surface area contributed by atoms with Crippen molar-refractivity contribution in [2.24, 2.45) is 0 Å². The zero-order chi connectivity index (χ0) is 20.5. The monoisotopic (exact) mass is 412 g/mol. The van der Waals surface area contributed by atoms with Crippen molar-refractivity contribution in [3.05, 3.63) is 29.5 Å². The Bertz CT molecular complexity index is 818. The molecule has 4 aliphatic heterocycles. The fourth-order valence-electron chi connectivity index (χ4n) is 5.03. The molecule has 7 heteroatoms. The summed E-state index contributed by atoms with van der Waals surface area (Å²) in [5, 5.41) is 7.13. The Balaban J connectivity index is 1.47. The van der Waals surface area contributed by atoms with E-state index in [9.17, 15) is 4.79 Å². The predicted octanol–water partition coefficient (Wildman–Crippen LogP) is 2.05. The molecule has 0 saturated carbocycles. The number of nitrogens with zero attached hydrogens (tertiary/aromatic N) is 2. The third-order valence-electron chi connectivity index (χ3n) is 6.74. The molecule has 2 N–H and O–H groups in total. The second-order valence-electron chi connectivity index (χ2n) is 8.81. The molecule has 4 heterocycles. The van der Waals surface area contributed by atoms with Crippen LogP contribution in [-0.4, -0.2) is 76.0 Å². The number of hydrogen-bond acceptors (Lipinski definition) is 6. The molecule has 0 bridgehead atoms. The minimum atomic E-state index is 0.0985. The molecular weight excluding hydrogens is 380 g/mol. The molecule has 0 spiro atoms. The van der Waals surface area contributed by atoms with Crippen molar-refractivity contribution in [2.45, 2.75) is 37.8 Å². The highest BCUT2D eigenvalue weighted by molar-refractivity contribution is 6.33. The summed E-state index contributed by atoms with van der Waals surface area (Å²) < 4.78 is 11.2. The largest absolute Gasteiger partial charge is 0.383 e. The number of rotatable bonds is 3. The fraction of sp³-hybridized carbons (Fsp3) is 0.609. The summed E-state index contributed by atoms with van der Waals surface area (Å²) in [7, 11) is 2.18. The lowest BCUT2D eigenvalue weighted by atomic mass is 10.0. The summed E-state index contributed by atoms with van der Waals surface area (Å²) in [6, 6.07) is 7.10. The quantitative estimate of drug-likeness (QED) is 0.741. The normalized spacial score (nSPS) is 26.6. The topological polar surface area (TPSA) is 66.1 Å². The standard InChI is InChI=1S/C23H32N4O3/c1-26-9-4-16(5-10-26)25-17-2-3-21-19(14-17)22(20-15-30-13-8-24-20)23(28)27(21)18-6-11-29-12-7-18/h2-3,14,16,18,24-25H,4-13,15H2,1H3/b22-20-. The summed E-state index contributed by atoms with van der Waals surface area (Å²) in [5.74, 6) is 0.0985. The summed E-state index contributed by atoms with van der Waals surface area (Å²) in [4.78, 5) is 18.0. The molecule has 0 aliphatic carbocycles. The lowest BCUT2D eigenvalue weighted by Crippen LogP contribution is -2.42. The lowest BCUT2D eigenvalue weighted by Gasteiger charge is -2.32. The van der Waals surface area contributed by atoms with E-state index in [4.69, 9.17) is 9.47 Å². The number of piperidine rings is 1. The zero-order valence-corrected chi connectivity index (χ0v) is 17.8. The van der Waals surface area contributed by atoms with Gasteiger partial charge in [0.1, 0.15) is 0 Å². The van der Waals surface area contributed by atoms with Crippen LogP contribution in [0.15, 0.2) is 23.9 Å². The van der Waals surface area contributed by atoms with Gasteiger partial charge in [0, 0.05) is 43.1 Å². The number of morpholine rings is 1. The van der Waals surface area contributed by atoms with Crippen LogP contribution in [0.25, 0.3) is 5.57 Å². The fourth-order valence-corrected chi connectivity index (χ4v) is 5.03. The Morgan fingerprint density at radius 2 is 1.87 bits per heavy atom. The third-order valence-corrected chi connectivity index (χ3v) is 6.74. The van der Waals surface area contributed by atoms with E-state index in [0.717, 1.165) is 73.5 Å². The van der Waals surface area contributed by atoms with Crippen molar-refractivity contribution < 1.29 is 14.3 Å². The van der Waals surface area contributed by atoms with Crippen LogP contribution in [0.5, 0.6) is 0 Å². The number of carbonyl (C=O) groups is 1. The van der Waals surface area contributed by atoms with E-state index in [-0.39, 0.29) is 11.9 Å². The summed E-state index contributed by atoms with van der Waals surface area (Å²) >= 11 is 0. The molecule has 0 unspecified atom stereocenters. The molecule has 7 nitrogen and oxygen atoms in total. The minimum absolute atomic E-state index is 0.0985. The van der Waals surface area contributed by atoms with Crippen LogP contribution in [0.1, 0.15) is 31.2 Å². The molecule has 0 aromatic heterocycles. The van der Waals surface area contributed by atoms with Gasteiger partial charge < -0.3 is 29.9 Å². The average Bonchev–Trinajstić information content (AvgIpc) is 3.07. The number of benzene rings is 1. The molecule has 0 radical (unpaired) electrons. The van der Waals surface area contributed by atoms with Gasteiger partial charge in [-0.15, -0.1) is 0 Å². The minimum Gasteiger partial charge on any atom is -0.383 e. The van der Waals surface area contributed by atoms with Gasteiger partial charge in [0.25, 0.3) is 5.91 Å². The highest BCUT2D eigenvalue weighted by atomic mass is 16.5. The first-order chi connectivity index (χ1) is 14.7. The number of carbonyl (C=O) groups excluding carboxylic acids is 1. The van der Waals surface area contributed by atoms with Crippen molar-refractivity contribution in [1.82, 2.24) is 10.2 Å². The first kappa shape index (κ1) is 19.8. The second-order valence-corrected chi connectivity index (χ2v) is 8.81. The van der Waals surface area contributed by atoms with Crippen LogP contribution in [0, 0.1) is 0 Å². The van der Waals surface area contributed by atoms with Crippen molar-refractivity contribution in [1.29, 1.82) is 0 Å². The molecule has 162 valence electrons. The van der Waals surface area contributed by atoms with Gasteiger partial charge in [0.2, 0.25) is 0 Å². The van der Waals surface area contributed by atoms with Crippen molar-refractivity contribution in [3.63, 3.8) is 0 Å². The van der Waals surface area contributed by atoms with Gasteiger partial charge in [0.15, 0.2) is 0 Å². The molecular formula is C23H32N4O3. The van der Waals surface area contributed by atoms with E-state index in [1.165, 1.54) is 0 Å². The molecule has 1 aromatic carbocycles. The van der Waals surface area contributed by atoms with E-state index < -0.39 is 0 Å². The van der Waals surface area contributed by atoms with Gasteiger partial charge in [-0.3, -0.25) is 4.79 Å². The molecule has 30 heavy (non-hydrogen) atoms. The maximum absolute atomic E-state index is 13.6. The Hall–Kier alpha value is -2.09. The molecule has 1 amide bonds. The van der Waals surface area contributed by atoms with Crippen LogP contribution < -0.4 is 15.5 Å². The van der Waals surface area contributed by atoms with E-state index in [2.05, 4.69) is 40.8 Å². The SMILES string of the molecule is CN1CCC(Nc2ccc3c(c2)/C(=C2\COCCN2)C(=O)N3C2CCOCC2)CC1. The first-order valence-corrected chi connectivity index (χ1v) is 11.3. The summed E-state index contributed by atoms with van der Waals surface area (Å²) in [6.07, 6.45) is 4.05. The van der Waals surface area contributed by atoms with Gasteiger partial charge in [-0.05, 0) is 64.0 Å². The number of likely N-dealkylation sites (tertiary alicyclic amines) is 1. The lowest BCUT2D eigenvalue weighted by molar-refractivity contribution is -0.113. The summed E-state index contributed by atoms with van der Waals surface area (Å²) in [5.41, 5.74) is 4.84. The van der Waals surface area contributed by atoms with Crippen molar-refractivity contribution >= 4 is 22.9 Å². The number of ether oxygens (including phenoxy) is 2. The number of fused-ring (bicyclic) bond motifs is 1. The molecule has 3 saturated heterocycles. The van der Waals surface area contributed by atoms with E-state index in [0.29, 0.717) is 32.5 Å². The van der Waals surface area contributed by atoms with E-state index in [1.807, 2.05) is 4.90 Å². The Kier molecular flexibility index (Phi) is 5.67. The number of amides is 1.